The molecule has 0 fully saturated rings. The third-order valence-corrected chi connectivity index (χ3v) is 5.07. The first-order chi connectivity index (χ1) is 15.0. The minimum Gasteiger partial charge on any atom is -0.494 e. The van der Waals surface area contributed by atoms with Gasteiger partial charge in [0.25, 0.3) is 0 Å². The predicted molar refractivity (Wildman–Crippen MR) is 109 cm³/mol. The molecule has 0 bridgehead atoms. The molecule has 2 N–H and O–H groups in total. The van der Waals surface area contributed by atoms with Crippen LogP contribution in [0.25, 0.3) is 22.2 Å². The van der Waals surface area contributed by atoms with Crippen molar-refractivity contribution in [2.45, 2.75) is 39.3 Å². The SMILES string of the molecule is CC(C)n1c(-c2cc3c[nH]c(O)c3cc2F)nnc1C(C)(C)Oc1c(F)cc(F)cc1F. The highest BCUT2D eigenvalue weighted by Crippen LogP contribution is 2.36. The molecule has 0 aliphatic carbocycles. The van der Waals surface area contributed by atoms with Gasteiger partial charge in [-0.05, 0) is 39.8 Å². The fraction of sp³-hybridized carbons (Fsp3) is 0.273. The van der Waals surface area contributed by atoms with E-state index in [1.165, 1.54) is 32.2 Å². The number of halogens is 4. The maximum absolute atomic E-state index is 14.9. The van der Waals surface area contributed by atoms with Crippen molar-refractivity contribution in [2.75, 3.05) is 0 Å². The van der Waals surface area contributed by atoms with Crippen LogP contribution in [0.2, 0.25) is 0 Å². The van der Waals surface area contributed by atoms with E-state index in [4.69, 9.17) is 4.74 Å². The van der Waals surface area contributed by atoms with Gasteiger partial charge in [0, 0.05) is 35.1 Å². The van der Waals surface area contributed by atoms with Gasteiger partial charge < -0.3 is 19.4 Å². The van der Waals surface area contributed by atoms with E-state index >= 15 is 0 Å². The van der Waals surface area contributed by atoms with Crippen LogP contribution in [0.4, 0.5) is 17.6 Å². The molecule has 0 unspecified atom stereocenters. The van der Waals surface area contributed by atoms with E-state index in [0.717, 1.165) is 0 Å². The molecule has 0 radical (unpaired) electrons. The van der Waals surface area contributed by atoms with Crippen LogP contribution < -0.4 is 4.74 Å². The van der Waals surface area contributed by atoms with Gasteiger partial charge in [-0.15, -0.1) is 10.2 Å². The van der Waals surface area contributed by atoms with Gasteiger partial charge in [0.1, 0.15) is 11.6 Å². The van der Waals surface area contributed by atoms with E-state index in [1.807, 2.05) is 13.8 Å². The van der Waals surface area contributed by atoms with E-state index in [-0.39, 0.29) is 29.1 Å². The number of aromatic hydroxyl groups is 1. The van der Waals surface area contributed by atoms with E-state index in [9.17, 15) is 22.7 Å². The highest BCUT2D eigenvalue weighted by molar-refractivity contribution is 5.90. The summed E-state index contributed by atoms with van der Waals surface area (Å²) >= 11 is 0. The first-order valence-corrected chi connectivity index (χ1v) is 9.78. The summed E-state index contributed by atoms with van der Waals surface area (Å²) < 4.78 is 63.7. The quantitative estimate of drug-likeness (QED) is 0.391. The maximum atomic E-state index is 14.9. The summed E-state index contributed by atoms with van der Waals surface area (Å²) in [7, 11) is 0. The zero-order valence-corrected chi connectivity index (χ0v) is 17.7. The number of fused-ring (bicyclic) bond motifs is 1. The van der Waals surface area contributed by atoms with Gasteiger partial charge in [0.05, 0.1) is 5.56 Å². The number of hydrogen-bond acceptors (Lipinski definition) is 4. The zero-order valence-electron chi connectivity index (χ0n) is 17.7. The molecule has 0 amide bonds. The van der Waals surface area contributed by atoms with Crippen molar-refractivity contribution in [3.8, 4) is 23.0 Å². The van der Waals surface area contributed by atoms with Crippen LogP contribution in [0.3, 0.4) is 0 Å². The molecule has 10 heteroatoms. The molecular weight excluding hydrogens is 428 g/mol. The Morgan fingerprint density at radius 1 is 1.00 bits per heavy atom. The molecule has 6 nitrogen and oxygen atoms in total. The van der Waals surface area contributed by atoms with Crippen LogP contribution in [0.5, 0.6) is 11.6 Å². The number of aromatic nitrogens is 4. The fourth-order valence-electron chi connectivity index (χ4n) is 3.61. The lowest BCUT2D eigenvalue weighted by atomic mass is 10.1. The smallest absolute Gasteiger partial charge is 0.196 e. The van der Waals surface area contributed by atoms with Crippen molar-refractivity contribution in [1.82, 2.24) is 19.7 Å². The largest absolute Gasteiger partial charge is 0.494 e. The molecule has 2 aromatic carbocycles. The average molecular weight is 448 g/mol. The molecule has 4 aromatic rings. The van der Waals surface area contributed by atoms with Crippen LogP contribution in [0.1, 0.15) is 39.6 Å². The third-order valence-electron chi connectivity index (χ3n) is 5.07. The molecule has 0 aliphatic rings. The number of ether oxygens (including phenoxy) is 1. The van der Waals surface area contributed by atoms with E-state index in [0.29, 0.717) is 22.9 Å². The minimum absolute atomic E-state index is 0.124. The van der Waals surface area contributed by atoms with Gasteiger partial charge in [-0.25, -0.2) is 17.6 Å². The number of rotatable bonds is 5. The van der Waals surface area contributed by atoms with E-state index in [1.54, 1.807) is 4.57 Å². The van der Waals surface area contributed by atoms with E-state index < -0.39 is 34.6 Å². The van der Waals surface area contributed by atoms with E-state index in [2.05, 4.69) is 15.2 Å². The number of aromatic amines is 1. The Hall–Kier alpha value is -3.56. The van der Waals surface area contributed by atoms with Gasteiger partial charge in [-0.3, -0.25) is 0 Å². The molecule has 32 heavy (non-hydrogen) atoms. The Morgan fingerprint density at radius 3 is 2.28 bits per heavy atom. The fourth-order valence-corrected chi connectivity index (χ4v) is 3.61. The van der Waals surface area contributed by atoms with Gasteiger partial charge >= 0.3 is 0 Å². The summed E-state index contributed by atoms with van der Waals surface area (Å²) in [6.45, 7) is 6.66. The highest BCUT2D eigenvalue weighted by Gasteiger charge is 2.34. The van der Waals surface area contributed by atoms with Crippen LogP contribution in [-0.2, 0) is 5.60 Å². The lowest BCUT2D eigenvalue weighted by molar-refractivity contribution is 0.0811. The summed E-state index contributed by atoms with van der Waals surface area (Å²) in [5.41, 5.74) is -1.29. The molecule has 0 saturated heterocycles. The van der Waals surface area contributed by atoms with Gasteiger partial charge in [0.2, 0.25) is 0 Å². The average Bonchev–Trinajstić information content (AvgIpc) is 3.29. The third kappa shape index (κ3) is 3.55. The van der Waals surface area contributed by atoms with Crippen LogP contribution in [0.15, 0.2) is 30.5 Å². The number of nitrogens with zero attached hydrogens (tertiary/aromatic N) is 3. The molecule has 2 aromatic heterocycles. The van der Waals surface area contributed by atoms with Gasteiger partial charge in [0.15, 0.2) is 40.5 Å². The summed E-state index contributed by atoms with van der Waals surface area (Å²) in [6, 6.07) is 3.45. The highest BCUT2D eigenvalue weighted by atomic mass is 19.1. The van der Waals surface area contributed by atoms with Crippen LogP contribution in [-0.4, -0.2) is 24.9 Å². The molecule has 2 heterocycles. The van der Waals surface area contributed by atoms with Crippen molar-refractivity contribution in [1.29, 1.82) is 0 Å². The maximum Gasteiger partial charge on any atom is 0.196 e. The van der Waals surface area contributed by atoms with Crippen molar-refractivity contribution in [2.24, 2.45) is 0 Å². The summed E-state index contributed by atoms with van der Waals surface area (Å²) in [5, 5.41) is 18.9. The van der Waals surface area contributed by atoms with Crippen LogP contribution >= 0.6 is 0 Å². The van der Waals surface area contributed by atoms with Crippen LogP contribution in [0, 0.1) is 23.3 Å². The second-order valence-electron chi connectivity index (χ2n) is 8.18. The topological polar surface area (TPSA) is 76.0 Å². The number of H-pyrrole nitrogens is 1. The lowest BCUT2D eigenvalue weighted by Gasteiger charge is -2.28. The molecule has 0 atom stereocenters. The number of benzene rings is 2. The summed E-state index contributed by atoms with van der Waals surface area (Å²) in [4.78, 5) is 2.62. The predicted octanol–water partition coefficient (Wildman–Crippen LogP) is 5.58. The van der Waals surface area contributed by atoms with Crippen molar-refractivity contribution >= 4 is 10.8 Å². The van der Waals surface area contributed by atoms with Crippen molar-refractivity contribution < 1.29 is 27.4 Å². The molecule has 0 saturated carbocycles. The summed E-state index contributed by atoms with van der Waals surface area (Å²) in [6.07, 6.45) is 1.53. The first-order valence-electron chi connectivity index (χ1n) is 9.78. The standard InChI is InChI=1S/C22H20F4N4O2/c1-10(2)30-19(14-5-11-9-27-20(31)13(11)8-15(14)24)28-29-21(30)22(3,4)32-18-16(25)6-12(23)7-17(18)26/h5-10,27,31H,1-4H3. The number of hydrogen-bond donors (Lipinski definition) is 2. The molecule has 168 valence electrons. The normalized spacial score (nSPS) is 12.2. The monoisotopic (exact) mass is 448 g/mol. The first kappa shape index (κ1) is 21.7. The Balaban J connectivity index is 1.83. The second-order valence-corrected chi connectivity index (χ2v) is 8.18. The zero-order chi connectivity index (χ0) is 23.4. The molecule has 0 aliphatic heterocycles. The number of nitrogens with one attached hydrogen (secondary N) is 1. The Labute approximate surface area is 180 Å². The molecule has 0 spiro atoms. The van der Waals surface area contributed by atoms with Crippen molar-refractivity contribution in [3.05, 3.63) is 59.6 Å². The van der Waals surface area contributed by atoms with Gasteiger partial charge in [-0.1, -0.05) is 0 Å². The Bertz CT molecular complexity index is 1300. The van der Waals surface area contributed by atoms with Gasteiger partial charge in [-0.2, -0.15) is 0 Å². The van der Waals surface area contributed by atoms with Crippen molar-refractivity contribution in [3.63, 3.8) is 0 Å². The molecular formula is C22H20F4N4O2. The Morgan fingerprint density at radius 2 is 1.66 bits per heavy atom. The minimum atomic E-state index is -1.41. The Kier molecular flexibility index (Phi) is 5.10. The molecule has 4 rings (SSSR count). The summed E-state index contributed by atoms with van der Waals surface area (Å²) in [5.74, 6) is -4.66. The second kappa shape index (κ2) is 7.54. The lowest BCUT2D eigenvalue weighted by Crippen LogP contribution is -2.31.